The lowest BCUT2D eigenvalue weighted by atomic mass is 10.2. The lowest BCUT2D eigenvalue weighted by Crippen LogP contribution is -2.40. The van der Waals surface area contributed by atoms with E-state index in [0.717, 1.165) is 18.5 Å². The van der Waals surface area contributed by atoms with E-state index < -0.39 is 28.0 Å². The molecule has 0 radical (unpaired) electrons. The number of carbonyl (C=O) groups excluding carboxylic acids is 2. The van der Waals surface area contributed by atoms with Crippen LogP contribution in [0.3, 0.4) is 0 Å². The third-order valence-electron chi connectivity index (χ3n) is 4.69. The smallest absolute Gasteiger partial charge is 0.415 e. The van der Waals surface area contributed by atoms with Crippen molar-refractivity contribution in [2.24, 2.45) is 0 Å². The van der Waals surface area contributed by atoms with Gasteiger partial charge in [0.25, 0.3) is 0 Å². The van der Waals surface area contributed by atoms with Crippen molar-refractivity contribution in [2.45, 2.75) is 25.9 Å². The summed E-state index contributed by atoms with van der Waals surface area (Å²) < 4.78 is 33.3. The van der Waals surface area contributed by atoms with Crippen LogP contribution in [0.25, 0.3) is 0 Å². The Balaban J connectivity index is 1.60. The van der Waals surface area contributed by atoms with Crippen molar-refractivity contribution in [1.82, 2.24) is 0 Å². The molecule has 9 heteroatoms. The number of sulfone groups is 1. The van der Waals surface area contributed by atoms with Crippen molar-refractivity contribution in [3.8, 4) is 0 Å². The number of cyclic esters (lactones) is 1. The molecule has 3 rings (SSSR count). The van der Waals surface area contributed by atoms with Gasteiger partial charge in [-0.2, -0.15) is 0 Å². The topological polar surface area (TPSA) is 93.2 Å². The highest BCUT2D eigenvalue weighted by Crippen LogP contribution is 2.26. The summed E-state index contributed by atoms with van der Waals surface area (Å²) in [5.41, 5.74) is 1.52. The number of esters is 1. The van der Waals surface area contributed by atoms with E-state index in [0.29, 0.717) is 25.4 Å². The predicted molar refractivity (Wildman–Crippen MR) is 101 cm³/mol. The van der Waals surface area contributed by atoms with Crippen LogP contribution in [0.1, 0.15) is 19.8 Å². The Morgan fingerprint density at radius 1 is 1.19 bits per heavy atom. The van der Waals surface area contributed by atoms with Crippen LogP contribution in [-0.4, -0.2) is 64.3 Å². The third kappa shape index (κ3) is 4.71. The van der Waals surface area contributed by atoms with Gasteiger partial charge >= 0.3 is 12.1 Å². The first-order valence-electron chi connectivity index (χ1n) is 9.10. The highest BCUT2D eigenvalue weighted by molar-refractivity contribution is 7.91. The molecule has 27 heavy (non-hydrogen) atoms. The van der Waals surface area contributed by atoms with Gasteiger partial charge < -0.3 is 14.4 Å². The summed E-state index contributed by atoms with van der Waals surface area (Å²) >= 11 is 0. The molecule has 1 amide bonds. The highest BCUT2D eigenvalue weighted by Gasteiger charge is 2.38. The average molecular weight is 396 g/mol. The molecule has 2 heterocycles. The zero-order valence-electron chi connectivity index (χ0n) is 15.3. The van der Waals surface area contributed by atoms with Crippen molar-refractivity contribution in [3.05, 3.63) is 24.3 Å². The summed E-state index contributed by atoms with van der Waals surface area (Å²) in [6, 6.07) is 7.22. The van der Waals surface area contributed by atoms with Gasteiger partial charge in [-0.15, -0.1) is 0 Å². The van der Waals surface area contributed by atoms with Gasteiger partial charge in [0.1, 0.15) is 0 Å². The second kappa shape index (κ2) is 8.16. The molecule has 0 aromatic heterocycles. The number of hydrogen-bond acceptors (Lipinski definition) is 7. The van der Waals surface area contributed by atoms with Crippen LogP contribution in [0.5, 0.6) is 0 Å². The molecule has 8 nitrogen and oxygen atoms in total. The fraction of sp³-hybridized carbons (Fsp3) is 0.556. The molecule has 148 valence electrons. The minimum atomic E-state index is -2.93. The van der Waals surface area contributed by atoms with Crippen LogP contribution in [0, 0.1) is 0 Å². The number of amides is 1. The van der Waals surface area contributed by atoms with Gasteiger partial charge in [-0.05, 0) is 30.7 Å². The van der Waals surface area contributed by atoms with Gasteiger partial charge in [0.15, 0.2) is 9.84 Å². The van der Waals surface area contributed by atoms with Gasteiger partial charge in [-0.3, -0.25) is 4.90 Å². The monoisotopic (exact) mass is 396 g/mol. The second-order valence-corrected chi connectivity index (χ2v) is 8.96. The Labute approximate surface area is 158 Å². The first-order chi connectivity index (χ1) is 12.9. The zero-order chi connectivity index (χ0) is 19.4. The van der Waals surface area contributed by atoms with Crippen molar-refractivity contribution in [3.63, 3.8) is 0 Å². The molecular weight excluding hydrogens is 372 g/mol. The summed E-state index contributed by atoms with van der Waals surface area (Å²) in [6.07, 6.45) is 0.194. The summed E-state index contributed by atoms with van der Waals surface area (Å²) in [6.45, 7) is 3.35. The summed E-state index contributed by atoms with van der Waals surface area (Å²) in [5.74, 6) is -0.227. The molecule has 2 saturated heterocycles. The van der Waals surface area contributed by atoms with E-state index in [1.807, 2.05) is 24.0 Å². The molecule has 0 aliphatic carbocycles. The molecule has 0 N–H and O–H groups in total. The van der Waals surface area contributed by atoms with Crippen LogP contribution in [0.4, 0.5) is 16.2 Å². The van der Waals surface area contributed by atoms with E-state index in [1.165, 1.54) is 4.90 Å². The van der Waals surface area contributed by atoms with E-state index in [2.05, 4.69) is 0 Å². The molecule has 2 aliphatic heterocycles. The van der Waals surface area contributed by atoms with E-state index in [-0.39, 0.29) is 18.1 Å². The van der Waals surface area contributed by atoms with Crippen molar-refractivity contribution in [1.29, 1.82) is 0 Å². The van der Waals surface area contributed by atoms with E-state index in [1.54, 1.807) is 12.1 Å². The van der Waals surface area contributed by atoms with Crippen molar-refractivity contribution < 1.29 is 27.5 Å². The second-order valence-electron chi connectivity index (χ2n) is 6.66. The van der Waals surface area contributed by atoms with Crippen molar-refractivity contribution in [2.75, 3.05) is 47.5 Å². The number of benzene rings is 1. The number of anilines is 2. The molecule has 1 aromatic rings. The Kier molecular flexibility index (Phi) is 5.88. The molecule has 2 fully saturated rings. The SMILES string of the molecule is CCCCOC(=O)[C@H]1CN(c2ccc(N3CCS(=O)(=O)CC3)cc2)C(=O)O1. The maximum Gasteiger partial charge on any atom is 0.415 e. The Bertz CT molecular complexity index is 779. The van der Waals surface area contributed by atoms with E-state index in [4.69, 9.17) is 9.47 Å². The molecular formula is C18H24N2O6S. The van der Waals surface area contributed by atoms with E-state index in [9.17, 15) is 18.0 Å². The lowest BCUT2D eigenvalue weighted by Gasteiger charge is -2.29. The molecule has 0 unspecified atom stereocenters. The number of rotatable bonds is 6. The molecule has 0 bridgehead atoms. The molecule has 0 saturated carbocycles. The largest absolute Gasteiger partial charge is 0.463 e. The fourth-order valence-electron chi connectivity index (χ4n) is 3.02. The maximum absolute atomic E-state index is 12.1. The first-order valence-corrected chi connectivity index (χ1v) is 10.9. The quantitative estimate of drug-likeness (QED) is 0.532. The standard InChI is InChI=1S/C18H24N2O6S/c1-2-3-10-25-17(21)16-13-20(18(22)26-16)15-6-4-14(5-7-15)19-8-11-27(23,24)12-9-19/h4-7,16H,2-3,8-13H2,1H3/t16-/m1/s1. The Hall–Kier alpha value is -2.29. The normalized spacial score (nSPS) is 21.8. The number of nitrogens with zero attached hydrogens (tertiary/aromatic N) is 2. The Morgan fingerprint density at radius 2 is 1.81 bits per heavy atom. The Morgan fingerprint density at radius 3 is 2.44 bits per heavy atom. The summed E-state index contributed by atoms with van der Waals surface area (Å²) in [7, 11) is -2.93. The van der Waals surface area contributed by atoms with Crippen molar-refractivity contribution >= 4 is 33.3 Å². The van der Waals surface area contributed by atoms with Crippen LogP contribution < -0.4 is 9.80 Å². The minimum absolute atomic E-state index is 0.116. The summed E-state index contributed by atoms with van der Waals surface area (Å²) in [4.78, 5) is 27.5. The summed E-state index contributed by atoms with van der Waals surface area (Å²) in [5, 5.41) is 0. The van der Waals surface area contributed by atoms with Crippen LogP contribution in [0.2, 0.25) is 0 Å². The van der Waals surface area contributed by atoms with Crippen LogP contribution in [-0.2, 0) is 24.1 Å². The van der Waals surface area contributed by atoms with Gasteiger partial charge in [0.05, 0.1) is 24.7 Å². The zero-order valence-corrected chi connectivity index (χ0v) is 16.1. The maximum atomic E-state index is 12.1. The minimum Gasteiger partial charge on any atom is -0.463 e. The third-order valence-corrected chi connectivity index (χ3v) is 6.30. The van der Waals surface area contributed by atoms with Gasteiger partial charge in [-0.1, -0.05) is 13.3 Å². The lowest BCUT2D eigenvalue weighted by molar-refractivity contribution is -0.151. The molecule has 1 atom stereocenters. The highest BCUT2D eigenvalue weighted by atomic mass is 32.2. The van der Waals surface area contributed by atoms with Gasteiger partial charge in [0.2, 0.25) is 6.10 Å². The number of unbranched alkanes of at least 4 members (excludes halogenated alkanes) is 1. The van der Waals surface area contributed by atoms with Gasteiger partial charge in [-0.25, -0.2) is 18.0 Å². The fourth-order valence-corrected chi connectivity index (χ4v) is 4.22. The average Bonchev–Trinajstić information content (AvgIpc) is 3.04. The number of ether oxygens (including phenoxy) is 2. The van der Waals surface area contributed by atoms with Crippen LogP contribution in [0.15, 0.2) is 24.3 Å². The predicted octanol–water partition coefficient (Wildman–Crippen LogP) is 1.59. The molecule has 2 aliphatic rings. The number of carbonyl (C=O) groups is 2. The van der Waals surface area contributed by atoms with E-state index >= 15 is 0 Å². The molecule has 1 aromatic carbocycles. The number of hydrogen-bond donors (Lipinski definition) is 0. The first kappa shape index (κ1) is 19.5. The van der Waals surface area contributed by atoms with Gasteiger partial charge in [0, 0.05) is 24.5 Å². The van der Waals surface area contributed by atoms with Crippen LogP contribution >= 0.6 is 0 Å². The molecule has 0 spiro atoms.